The summed E-state index contributed by atoms with van der Waals surface area (Å²) < 4.78 is 0. The molecule has 47 valence electrons. The third-order valence-corrected chi connectivity index (χ3v) is 1.10. The zero-order chi connectivity index (χ0) is 7.11. The first-order valence-electron chi connectivity index (χ1n) is 2.99. The van der Waals surface area contributed by atoms with E-state index in [1.165, 1.54) is 5.92 Å². The van der Waals surface area contributed by atoms with Gasteiger partial charge in [-0.25, -0.2) is 0 Å². The van der Waals surface area contributed by atoms with Crippen LogP contribution in [0.4, 0.5) is 0 Å². The molecule has 0 spiro atoms. The van der Waals surface area contributed by atoms with Gasteiger partial charge in [0.15, 0.2) is 0 Å². The van der Waals surface area contributed by atoms with Crippen molar-refractivity contribution in [3.63, 3.8) is 0 Å². The smallest absolute Gasteiger partial charge is 0.0146 e. The molecule has 0 amide bonds. The van der Waals surface area contributed by atoms with Gasteiger partial charge in [0.2, 0.25) is 0 Å². The highest BCUT2D eigenvalue weighted by Gasteiger charge is 1.96. The van der Waals surface area contributed by atoms with E-state index in [9.17, 15) is 0 Å². The Balaban J connectivity index is 3.21. The van der Waals surface area contributed by atoms with Gasteiger partial charge in [0, 0.05) is 12.8 Å². The summed E-state index contributed by atoms with van der Waals surface area (Å²) in [5.74, 6) is 6.44. The van der Waals surface area contributed by atoms with Gasteiger partial charge < -0.3 is 0 Å². The Kier molecular flexibility index (Phi) is 4.75. The van der Waals surface area contributed by atoms with E-state index in [-0.39, 0.29) is 0 Å². The second kappa shape index (κ2) is 5.26. The normalized spacial score (nSPS) is 8.44. The molecule has 0 unspecified atom stereocenters. The van der Waals surface area contributed by atoms with Gasteiger partial charge in [-0.05, 0) is 12.3 Å². The van der Waals surface area contributed by atoms with Crippen molar-refractivity contribution in [2.75, 3.05) is 0 Å². The fourth-order valence-electron chi connectivity index (χ4n) is 0.548. The Morgan fingerprint density at radius 1 is 1.33 bits per heavy atom. The minimum Gasteiger partial charge on any atom is -0.120 e. The van der Waals surface area contributed by atoms with Gasteiger partial charge in [-0.2, -0.15) is 0 Å². The van der Waals surface area contributed by atoms with Crippen molar-refractivity contribution < 1.29 is 0 Å². The second-order valence-corrected chi connectivity index (χ2v) is 2.04. The first-order chi connectivity index (χ1) is 4.31. The molecule has 0 aromatic rings. The molecule has 0 saturated carbocycles. The average Bonchev–Trinajstić information content (AvgIpc) is 1.85. The molecule has 0 aliphatic rings. The van der Waals surface area contributed by atoms with Crippen molar-refractivity contribution in [2.24, 2.45) is 0 Å². The molecule has 0 N–H and O–H groups in total. The predicted octanol–water partition coefficient (Wildman–Crippen LogP) is 2.02. The maximum Gasteiger partial charge on any atom is 0.0146 e. The van der Waals surface area contributed by atoms with Crippen LogP contribution in [-0.4, -0.2) is 0 Å². The van der Waals surface area contributed by atoms with Crippen molar-refractivity contribution in [3.8, 4) is 24.7 Å². The van der Waals surface area contributed by atoms with Crippen LogP contribution >= 0.6 is 0 Å². The molecule has 0 aromatic heterocycles. The number of terminal acetylenes is 2. The fraction of sp³-hybridized carbons (Fsp3) is 0.444. The molecular weight excluding hydrogens is 108 g/mol. The quantitative estimate of drug-likeness (QED) is 0.498. The summed E-state index contributed by atoms with van der Waals surface area (Å²) in [5, 5.41) is 0. The molecule has 0 heteroatoms. The molecule has 0 nitrogen and oxygen atoms in total. The SMILES string of the molecule is C#CCC[C](C)CC#C. The Labute approximate surface area is 57.7 Å². The number of rotatable bonds is 3. The minimum atomic E-state index is 0.766. The van der Waals surface area contributed by atoms with Gasteiger partial charge in [0.05, 0.1) is 0 Å². The average molecular weight is 119 g/mol. The lowest BCUT2D eigenvalue weighted by Gasteiger charge is -2.01. The van der Waals surface area contributed by atoms with Crippen LogP contribution in [0.15, 0.2) is 0 Å². The van der Waals surface area contributed by atoms with Gasteiger partial charge in [-0.3, -0.25) is 0 Å². The molecule has 0 saturated heterocycles. The van der Waals surface area contributed by atoms with Crippen molar-refractivity contribution in [1.82, 2.24) is 0 Å². The predicted molar refractivity (Wildman–Crippen MR) is 40.4 cm³/mol. The van der Waals surface area contributed by atoms with E-state index in [1.807, 2.05) is 6.92 Å². The summed E-state index contributed by atoms with van der Waals surface area (Å²) in [4.78, 5) is 0. The van der Waals surface area contributed by atoms with Gasteiger partial charge >= 0.3 is 0 Å². The maximum absolute atomic E-state index is 5.08. The van der Waals surface area contributed by atoms with E-state index >= 15 is 0 Å². The zero-order valence-corrected chi connectivity index (χ0v) is 5.78. The topological polar surface area (TPSA) is 0 Å². The number of hydrogen-bond donors (Lipinski definition) is 0. The molecule has 0 fully saturated rings. The van der Waals surface area contributed by atoms with E-state index in [0.29, 0.717) is 0 Å². The van der Waals surface area contributed by atoms with Crippen LogP contribution < -0.4 is 0 Å². The Morgan fingerprint density at radius 3 is 2.44 bits per heavy atom. The molecule has 0 aliphatic carbocycles. The van der Waals surface area contributed by atoms with Gasteiger partial charge in [0.25, 0.3) is 0 Å². The van der Waals surface area contributed by atoms with Crippen molar-refractivity contribution in [1.29, 1.82) is 0 Å². The minimum absolute atomic E-state index is 0.766. The lowest BCUT2D eigenvalue weighted by molar-refractivity contribution is 0.827. The first-order valence-corrected chi connectivity index (χ1v) is 2.99. The molecular formula is C9H11. The Morgan fingerprint density at radius 2 is 2.00 bits per heavy atom. The molecule has 0 bridgehead atoms. The van der Waals surface area contributed by atoms with E-state index in [2.05, 4.69) is 11.8 Å². The molecule has 0 aliphatic heterocycles. The fourth-order valence-corrected chi connectivity index (χ4v) is 0.548. The van der Waals surface area contributed by atoms with E-state index in [0.717, 1.165) is 19.3 Å². The molecule has 0 atom stereocenters. The largest absolute Gasteiger partial charge is 0.120 e. The van der Waals surface area contributed by atoms with Crippen LogP contribution in [-0.2, 0) is 0 Å². The molecule has 0 aromatic carbocycles. The van der Waals surface area contributed by atoms with Crippen LogP contribution in [0.3, 0.4) is 0 Å². The Hall–Kier alpha value is -0.880. The third kappa shape index (κ3) is 4.98. The zero-order valence-electron chi connectivity index (χ0n) is 5.78. The standard InChI is InChI=1S/C9H11/c1-4-6-8-9(3)7-5-2/h1-2H,6-8H2,3H3. The summed E-state index contributed by atoms with van der Waals surface area (Å²) in [6.07, 6.45) is 12.7. The molecule has 1 radical (unpaired) electrons. The van der Waals surface area contributed by atoms with Crippen molar-refractivity contribution in [3.05, 3.63) is 5.92 Å². The lowest BCUT2D eigenvalue weighted by atomic mass is 10.0. The van der Waals surface area contributed by atoms with Crippen molar-refractivity contribution >= 4 is 0 Å². The highest BCUT2D eigenvalue weighted by molar-refractivity contribution is 5.01. The summed E-state index contributed by atoms with van der Waals surface area (Å²) >= 11 is 0. The molecule has 0 heterocycles. The van der Waals surface area contributed by atoms with Crippen LogP contribution in [0.25, 0.3) is 0 Å². The summed E-state index contributed by atoms with van der Waals surface area (Å²) in [7, 11) is 0. The molecule has 9 heavy (non-hydrogen) atoms. The monoisotopic (exact) mass is 119 g/mol. The molecule has 0 rings (SSSR count). The summed E-state index contributed by atoms with van der Waals surface area (Å²) in [6.45, 7) is 2.04. The second-order valence-electron chi connectivity index (χ2n) is 2.04. The van der Waals surface area contributed by atoms with E-state index in [4.69, 9.17) is 12.8 Å². The number of hydrogen-bond acceptors (Lipinski definition) is 0. The van der Waals surface area contributed by atoms with Gasteiger partial charge in [0.1, 0.15) is 0 Å². The van der Waals surface area contributed by atoms with Gasteiger partial charge in [-0.15, -0.1) is 24.7 Å². The van der Waals surface area contributed by atoms with Crippen molar-refractivity contribution in [2.45, 2.75) is 26.2 Å². The van der Waals surface area contributed by atoms with Gasteiger partial charge in [-0.1, -0.05) is 6.92 Å². The van der Waals surface area contributed by atoms with E-state index < -0.39 is 0 Å². The van der Waals surface area contributed by atoms with E-state index in [1.54, 1.807) is 0 Å². The van der Waals surface area contributed by atoms with Crippen LogP contribution in [0.2, 0.25) is 0 Å². The summed E-state index contributed by atoms with van der Waals surface area (Å²) in [5.41, 5.74) is 0. The highest BCUT2D eigenvalue weighted by Crippen LogP contribution is 2.10. The first kappa shape index (κ1) is 8.12. The lowest BCUT2D eigenvalue weighted by Crippen LogP contribution is -1.87. The maximum atomic E-state index is 5.08. The van der Waals surface area contributed by atoms with Crippen LogP contribution in [0, 0.1) is 30.6 Å². The summed E-state index contributed by atoms with van der Waals surface area (Å²) in [6, 6.07) is 0. The van der Waals surface area contributed by atoms with Crippen LogP contribution in [0.1, 0.15) is 26.2 Å². The third-order valence-electron chi connectivity index (χ3n) is 1.10. The van der Waals surface area contributed by atoms with Crippen LogP contribution in [0.5, 0.6) is 0 Å². The Bertz CT molecular complexity index is 131. The highest BCUT2D eigenvalue weighted by atomic mass is 14.0.